The van der Waals surface area contributed by atoms with Crippen molar-refractivity contribution >= 4 is 12.1 Å². The Morgan fingerprint density at radius 1 is 1.41 bits per heavy atom. The van der Waals surface area contributed by atoms with E-state index in [0.717, 1.165) is 0 Å². The zero-order valence-electron chi connectivity index (χ0n) is 10.7. The molecule has 1 amide bonds. The maximum absolute atomic E-state index is 11.8. The molecule has 0 saturated heterocycles. The van der Waals surface area contributed by atoms with E-state index in [0.29, 0.717) is 13.0 Å². The van der Waals surface area contributed by atoms with Crippen LogP contribution in [0.3, 0.4) is 0 Å². The first-order valence-corrected chi connectivity index (χ1v) is 5.69. The Balaban J connectivity index is 2.66. The van der Waals surface area contributed by atoms with E-state index in [2.05, 4.69) is 0 Å². The van der Waals surface area contributed by atoms with Gasteiger partial charge in [-0.2, -0.15) is 0 Å². The number of hydrogen-bond acceptors (Lipinski definition) is 4. The van der Waals surface area contributed by atoms with Gasteiger partial charge in [-0.05, 0) is 34.1 Å². The Labute approximate surface area is 101 Å². The van der Waals surface area contributed by atoms with E-state index >= 15 is 0 Å². The molecule has 5 nitrogen and oxygen atoms in total. The highest BCUT2D eigenvalue weighted by molar-refractivity contribution is 5.83. The molecule has 0 aromatic carbocycles. The molecule has 96 valence electrons. The third-order valence-electron chi connectivity index (χ3n) is 2.12. The minimum absolute atomic E-state index is 0.303. The second-order valence-corrected chi connectivity index (χ2v) is 4.78. The second-order valence-electron chi connectivity index (χ2n) is 4.78. The molecule has 0 spiro atoms. The number of esters is 1. The third-order valence-corrected chi connectivity index (χ3v) is 2.12. The molecule has 1 atom stereocenters. The van der Waals surface area contributed by atoms with E-state index in [9.17, 15) is 9.59 Å². The summed E-state index contributed by atoms with van der Waals surface area (Å²) in [5, 5.41) is 0. The Morgan fingerprint density at radius 2 is 2.06 bits per heavy atom. The molecule has 1 aliphatic rings. The molecule has 0 unspecified atom stereocenters. The van der Waals surface area contributed by atoms with Crippen molar-refractivity contribution in [1.82, 2.24) is 4.90 Å². The standard InChI is InChI=1S/C12H19NO4/c1-5-16-10(14)9-7-6-8-13(9)11(15)17-12(2,3)4/h6,8-9H,5,7H2,1-4H3/t9-/m0/s1. The largest absolute Gasteiger partial charge is 0.464 e. The SMILES string of the molecule is CCOC(=O)[C@@H]1CC=CN1C(=O)OC(C)(C)C. The molecule has 1 heterocycles. The molecule has 0 aromatic heterocycles. The molecule has 0 saturated carbocycles. The number of nitrogens with zero attached hydrogens (tertiary/aromatic N) is 1. The van der Waals surface area contributed by atoms with Crippen LogP contribution in [-0.2, 0) is 14.3 Å². The third kappa shape index (κ3) is 3.76. The van der Waals surface area contributed by atoms with Crippen molar-refractivity contribution in [2.75, 3.05) is 6.61 Å². The molecular weight excluding hydrogens is 222 g/mol. The van der Waals surface area contributed by atoms with Crippen LogP contribution >= 0.6 is 0 Å². The summed E-state index contributed by atoms with van der Waals surface area (Å²) in [7, 11) is 0. The highest BCUT2D eigenvalue weighted by Gasteiger charge is 2.34. The van der Waals surface area contributed by atoms with Crippen LogP contribution < -0.4 is 0 Å². The van der Waals surface area contributed by atoms with E-state index < -0.39 is 23.7 Å². The van der Waals surface area contributed by atoms with Gasteiger partial charge in [0.05, 0.1) is 6.61 Å². The Hall–Kier alpha value is -1.52. The lowest BCUT2D eigenvalue weighted by Crippen LogP contribution is -2.42. The number of amides is 1. The van der Waals surface area contributed by atoms with E-state index in [1.165, 1.54) is 4.90 Å². The van der Waals surface area contributed by atoms with Gasteiger partial charge in [-0.3, -0.25) is 4.90 Å². The minimum atomic E-state index is -0.593. The van der Waals surface area contributed by atoms with Crippen molar-refractivity contribution in [3.8, 4) is 0 Å². The molecule has 0 fully saturated rings. The summed E-state index contributed by atoms with van der Waals surface area (Å²) in [6, 6.07) is -0.593. The van der Waals surface area contributed by atoms with Crippen LogP contribution in [0.2, 0.25) is 0 Å². The van der Waals surface area contributed by atoms with Gasteiger partial charge in [-0.25, -0.2) is 9.59 Å². The molecule has 5 heteroatoms. The first-order chi connectivity index (χ1) is 7.85. The Bertz CT molecular complexity index is 330. The summed E-state index contributed by atoms with van der Waals surface area (Å²) in [6.07, 6.45) is 3.27. The van der Waals surface area contributed by atoms with Gasteiger partial charge >= 0.3 is 12.1 Å². The quantitative estimate of drug-likeness (QED) is 0.694. The number of carbonyl (C=O) groups is 2. The molecule has 0 bridgehead atoms. The minimum Gasteiger partial charge on any atom is -0.464 e. The predicted octanol–water partition coefficient (Wildman–Crippen LogP) is 2.07. The molecule has 0 N–H and O–H groups in total. The first-order valence-electron chi connectivity index (χ1n) is 5.69. The van der Waals surface area contributed by atoms with E-state index in [1.54, 1.807) is 40.0 Å². The first kappa shape index (κ1) is 13.5. The maximum Gasteiger partial charge on any atom is 0.415 e. The fourth-order valence-electron chi connectivity index (χ4n) is 1.47. The van der Waals surface area contributed by atoms with Crippen LogP contribution in [0.4, 0.5) is 4.79 Å². The summed E-state index contributed by atoms with van der Waals surface area (Å²) >= 11 is 0. The van der Waals surface area contributed by atoms with Gasteiger partial charge in [0.2, 0.25) is 0 Å². The second kappa shape index (κ2) is 5.21. The molecule has 0 radical (unpaired) electrons. The normalized spacial score (nSPS) is 19.3. The van der Waals surface area contributed by atoms with Gasteiger partial charge in [0.15, 0.2) is 0 Å². The van der Waals surface area contributed by atoms with Crippen molar-refractivity contribution < 1.29 is 19.1 Å². The highest BCUT2D eigenvalue weighted by Crippen LogP contribution is 2.19. The van der Waals surface area contributed by atoms with E-state index in [1.807, 2.05) is 0 Å². The van der Waals surface area contributed by atoms with Gasteiger partial charge in [-0.15, -0.1) is 0 Å². The van der Waals surface area contributed by atoms with Crippen LogP contribution in [0, 0.1) is 0 Å². The average Bonchev–Trinajstić information content (AvgIpc) is 2.63. The van der Waals surface area contributed by atoms with E-state index in [4.69, 9.17) is 9.47 Å². The topological polar surface area (TPSA) is 55.8 Å². The van der Waals surface area contributed by atoms with Crippen molar-refractivity contribution in [2.45, 2.75) is 45.8 Å². The maximum atomic E-state index is 11.8. The Kier molecular flexibility index (Phi) is 4.15. The molecule has 1 aliphatic heterocycles. The van der Waals surface area contributed by atoms with Crippen LogP contribution in [0.5, 0.6) is 0 Å². The van der Waals surface area contributed by atoms with Crippen molar-refractivity contribution in [1.29, 1.82) is 0 Å². The van der Waals surface area contributed by atoms with Gasteiger partial charge < -0.3 is 9.47 Å². The van der Waals surface area contributed by atoms with Crippen molar-refractivity contribution in [3.05, 3.63) is 12.3 Å². The summed E-state index contributed by atoms with van der Waals surface area (Å²) in [6.45, 7) is 7.38. The van der Waals surface area contributed by atoms with Crippen LogP contribution in [-0.4, -0.2) is 35.2 Å². The fourth-order valence-corrected chi connectivity index (χ4v) is 1.47. The summed E-state index contributed by atoms with van der Waals surface area (Å²) in [5.74, 6) is -0.400. The number of rotatable bonds is 2. The van der Waals surface area contributed by atoms with Gasteiger partial charge in [-0.1, -0.05) is 6.08 Å². The van der Waals surface area contributed by atoms with Gasteiger partial charge in [0, 0.05) is 6.20 Å². The summed E-state index contributed by atoms with van der Waals surface area (Å²) < 4.78 is 10.1. The van der Waals surface area contributed by atoms with Crippen LogP contribution in [0.1, 0.15) is 34.1 Å². The summed E-state index contributed by atoms with van der Waals surface area (Å²) in [4.78, 5) is 24.7. The zero-order valence-corrected chi connectivity index (χ0v) is 10.7. The number of carbonyl (C=O) groups excluding carboxylic acids is 2. The monoisotopic (exact) mass is 241 g/mol. The van der Waals surface area contributed by atoms with E-state index in [-0.39, 0.29) is 0 Å². The van der Waals surface area contributed by atoms with Crippen LogP contribution in [0.25, 0.3) is 0 Å². The van der Waals surface area contributed by atoms with Crippen molar-refractivity contribution in [2.24, 2.45) is 0 Å². The lowest BCUT2D eigenvalue weighted by atomic mass is 10.2. The molecule has 0 aromatic rings. The van der Waals surface area contributed by atoms with Gasteiger partial charge in [0.1, 0.15) is 11.6 Å². The van der Waals surface area contributed by atoms with Crippen molar-refractivity contribution in [3.63, 3.8) is 0 Å². The predicted molar refractivity (Wildman–Crippen MR) is 62.3 cm³/mol. The number of ether oxygens (including phenoxy) is 2. The zero-order chi connectivity index (χ0) is 13.1. The Morgan fingerprint density at radius 3 is 2.59 bits per heavy atom. The lowest BCUT2D eigenvalue weighted by molar-refractivity contribution is -0.147. The molecule has 1 rings (SSSR count). The summed E-state index contributed by atoms with van der Waals surface area (Å²) in [5.41, 5.74) is -0.577. The smallest absolute Gasteiger partial charge is 0.415 e. The average molecular weight is 241 g/mol. The van der Waals surface area contributed by atoms with Crippen LogP contribution in [0.15, 0.2) is 12.3 Å². The molecule has 0 aliphatic carbocycles. The highest BCUT2D eigenvalue weighted by atomic mass is 16.6. The fraction of sp³-hybridized carbons (Fsp3) is 0.667. The number of hydrogen-bond donors (Lipinski definition) is 0. The lowest BCUT2D eigenvalue weighted by Gasteiger charge is -2.26. The van der Waals surface area contributed by atoms with Gasteiger partial charge in [0.25, 0.3) is 0 Å². The molecular formula is C12H19NO4. The molecule has 17 heavy (non-hydrogen) atoms.